The number of fused-ring (bicyclic) bond motifs is 1. The molecule has 2 aromatic rings. The maximum atomic E-state index is 11.9. The first kappa shape index (κ1) is 12.6. The van der Waals surface area contributed by atoms with Crippen molar-refractivity contribution in [3.8, 4) is 11.5 Å². The van der Waals surface area contributed by atoms with Gasteiger partial charge in [-0.15, -0.1) is 5.54 Å². The Bertz CT molecular complexity index is 714. The molecule has 0 radical (unpaired) electrons. The van der Waals surface area contributed by atoms with Gasteiger partial charge in [0, 0.05) is 12.6 Å². The van der Waals surface area contributed by atoms with Crippen LogP contribution in [0.15, 0.2) is 29.3 Å². The molecule has 92 valence electrons. The summed E-state index contributed by atoms with van der Waals surface area (Å²) in [6.07, 6.45) is 1.54. The zero-order valence-electron chi connectivity index (χ0n) is 11.1. The minimum Gasteiger partial charge on any atom is -0.302 e. The first-order valence-electron chi connectivity index (χ1n) is 5.85. The van der Waals surface area contributed by atoms with Gasteiger partial charge in [-0.3, -0.25) is 4.79 Å². The van der Waals surface area contributed by atoms with Gasteiger partial charge in [0.15, 0.2) is 0 Å². The highest BCUT2D eigenvalue weighted by Gasteiger charge is 2.07. The van der Waals surface area contributed by atoms with E-state index in [1.165, 1.54) is 4.57 Å². The Morgan fingerprint density at radius 3 is 2.67 bits per heavy atom. The summed E-state index contributed by atoms with van der Waals surface area (Å²) in [5.74, 6) is 3.17. The van der Waals surface area contributed by atoms with Crippen LogP contribution in [0.5, 0.6) is 0 Å². The topological polar surface area (TPSA) is 34.9 Å². The maximum absolute atomic E-state index is 11.9. The van der Waals surface area contributed by atoms with Crippen LogP contribution < -0.4 is 5.56 Å². The van der Waals surface area contributed by atoms with Gasteiger partial charge in [0.2, 0.25) is 0 Å². The van der Waals surface area contributed by atoms with Crippen molar-refractivity contribution in [3.63, 3.8) is 0 Å². The minimum absolute atomic E-state index is 0.0234. The quantitative estimate of drug-likeness (QED) is 0.535. The summed E-state index contributed by atoms with van der Waals surface area (Å²) in [4.78, 5) is 16.1. The van der Waals surface area contributed by atoms with E-state index in [0.717, 1.165) is 5.56 Å². The maximum Gasteiger partial charge on any atom is 0.260 e. The van der Waals surface area contributed by atoms with Crippen molar-refractivity contribution in [1.82, 2.24) is 9.55 Å². The molecule has 0 saturated carbocycles. The van der Waals surface area contributed by atoms with E-state index in [2.05, 4.69) is 36.1 Å². The second-order valence-electron chi connectivity index (χ2n) is 5.39. The van der Waals surface area contributed by atoms with E-state index in [0.29, 0.717) is 10.9 Å². The third-order valence-corrected chi connectivity index (χ3v) is 3.38. The third kappa shape index (κ3) is 2.69. The van der Waals surface area contributed by atoms with Crippen LogP contribution in [-0.4, -0.2) is 17.6 Å². The number of hydrogen-bond donors (Lipinski definition) is 0. The molecule has 0 unspecified atom stereocenters. The van der Waals surface area contributed by atoms with Gasteiger partial charge in [0.05, 0.1) is 17.2 Å². The zero-order valence-corrected chi connectivity index (χ0v) is 12.1. The number of rotatable bonds is 0. The molecule has 1 aromatic heterocycles. The molecule has 0 saturated heterocycles. The fraction of sp³-hybridized carbons (Fsp3) is 0.286. The largest absolute Gasteiger partial charge is 0.302 e. The zero-order chi connectivity index (χ0) is 13.3. The van der Waals surface area contributed by atoms with Crippen LogP contribution in [0.3, 0.4) is 0 Å². The van der Waals surface area contributed by atoms with Gasteiger partial charge in [-0.05, 0) is 18.2 Å². The standard InChI is InChI=1S/C14H16N2OSi/c1-16-10-15-13-9-11(7-8-18(2,3)4)5-6-12(13)14(16)17/h5-6,9-10H,1-4H3. The molecule has 4 heteroatoms. The van der Waals surface area contributed by atoms with Gasteiger partial charge < -0.3 is 4.57 Å². The summed E-state index contributed by atoms with van der Waals surface area (Å²) in [5.41, 5.74) is 4.91. The highest BCUT2D eigenvalue weighted by molar-refractivity contribution is 6.83. The van der Waals surface area contributed by atoms with Crippen molar-refractivity contribution in [2.75, 3.05) is 0 Å². The summed E-state index contributed by atoms with van der Waals surface area (Å²) in [5, 5.41) is 0.638. The summed E-state index contributed by atoms with van der Waals surface area (Å²) < 4.78 is 1.48. The van der Waals surface area contributed by atoms with Crippen molar-refractivity contribution in [2.24, 2.45) is 7.05 Å². The second-order valence-corrected chi connectivity index (χ2v) is 10.1. The van der Waals surface area contributed by atoms with Gasteiger partial charge in [-0.25, -0.2) is 4.98 Å². The summed E-state index contributed by atoms with van der Waals surface area (Å²) in [7, 11) is 0.327. The molecule has 0 bridgehead atoms. The van der Waals surface area contributed by atoms with E-state index in [9.17, 15) is 4.79 Å². The Morgan fingerprint density at radius 2 is 2.00 bits per heavy atom. The first-order chi connectivity index (χ1) is 8.37. The van der Waals surface area contributed by atoms with Crippen LogP contribution in [0.2, 0.25) is 19.6 Å². The Morgan fingerprint density at radius 1 is 1.28 bits per heavy atom. The van der Waals surface area contributed by atoms with E-state index < -0.39 is 8.07 Å². The fourth-order valence-electron chi connectivity index (χ4n) is 1.55. The molecule has 0 amide bonds. The highest BCUT2D eigenvalue weighted by atomic mass is 28.3. The Labute approximate surface area is 107 Å². The number of benzene rings is 1. The van der Waals surface area contributed by atoms with Crippen molar-refractivity contribution >= 4 is 19.0 Å². The van der Waals surface area contributed by atoms with Crippen molar-refractivity contribution < 1.29 is 0 Å². The lowest BCUT2D eigenvalue weighted by molar-refractivity contribution is 0.843. The summed E-state index contributed by atoms with van der Waals surface area (Å²) >= 11 is 0. The fourth-order valence-corrected chi connectivity index (χ4v) is 2.07. The van der Waals surface area contributed by atoms with Crippen LogP contribution in [0.1, 0.15) is 5.56 Å². The molecule has 3 nitrogen and oxygen atoms in total. The smallest absolute Gasteiger partial charge is 0.260 e. The predicted octanol–water partition coefficient (Wildman–Crippen LogP) is 2.16. The number of nitrogens with zero attached hydrogens (tertiary/aromatic N) is 2. The van der Waals surface area contributed by atoms with Crippen molar-refractivity contribution in [1.29, 1.82) is 0 Å². The molecule has 1 heterocycles. The number of aryl methyl sites for hydroxylation is 1. The van der Waals surface area contributed by atoms with Crippen molar-refractivity contribution in [2.45, 2.75) is 19.6 Å². The molecular weight excluding hydrogens is 240 g/mol. The predicted molar refractivity (Wildman–Crippen MR) is 77.2 cm³/mol. The molecule has 0 aliphatic heterocycles. The van der Waals surface area contributed by atoms with Crippen LogP contribution in [0.25, 0.3) is 10.9 Å². The molecule has 0 aliphatic carbocycles. The molecular formula is C14H16N2OSi. The van der Waals surface area contributed by atoms with Crippen LogP contribution in [0.4, 0.5) is 0 Å². The average Bonchev–Trinajstić information content (AvgIpc) is 2.30. The van der Waals surface area contributed by atoms with E-state index in [1.54, 1.807) is 19.4 Å². The van der Waals surface area contributed by atoms with E-state index >= 15 is 0 Å². The van der Waals surface area contributed by atoms with E-state index in [-0.39, 0.29) is 5.56 Å². The van der Waals surface area contributed by atoms with Gasteiger partial charge in [-0.2, -0.15) is 0 Å². The van der Waals surface area contributed by atoms with E-state index in [1.807, 2.05) is 12.1 Å². The molecule has 0 atom stereocenters. The second kappa shape index (κ2) is 4.43. The first-order valence-corrected chi connectivity index (χ1v) is 9.35. The Kier molecular flexibility index (Phi) is 3.10. The Balaban J connectivity index is 2.55. The molecule has 0 fully saturated rings. The van der Waals surface area contributed by atoms with Gasteiger partial charge in [-0.1, -0.05) is 25.6 Å². The molecule has 0 N–H and O–H groups in total. The molecule has 2 rings (SSSR count). The van der Waals surface area contributed by atoms with Crippen LogP contribution >= 0.6 is 0 Å². The third-order valence-electron chi connectivity index (χ3n) is 2.50. The van der Waals surface area contributed by atoms with Crippen LogP contribution in [-0.2, 0) is 7.05 Å². The van der Waals surface area contributed by atoms with Gasteiger partial charge >= 0.3 is 0 Å². The lowest BCUT2D eigenvalue weighted by Crippen LogP contribution is -2.17. The SMILES string of the molecule is Cn1cnc2cc(C#C[Si](C)(C)C)ccc2c1=O. The molecule has 1 aromatic carbocycles. The van der Waals surface area contributed by atoms with Gasteiger partial charge in [0.1, 0.15) is 8.07 Å². The molecule has 0 spiro atoms. The molecule has 0 aliphatic rings. The van der Waals surface area contributed by atoms with Crippen LogP contribution in [0, 0.1) is 11.5 Å². The average molecular weight is 256 g/mol. The van der Waals surface area contributed by atoms with Gasteiger partial charge in [0.25, 0.3) is 5.56 Å². The molecule has 18 heavy (non-hydrogen) atoms. The Hall–Kier alpha value is -1.86. The minimum atomic E-state index is -1.37. The highest BCUT2D eigenvalue weighted by Crippen LogP contribution is 2.09. The number of aromatic nitrogens is 2. The monoisotopic (exact) mass is 256 g/mol. The summed E-state index contributed by atoms with van der Waals surface area (Å²) in [6, 6.07) is 5.57. The van der Waals surface area contributed by atoms with E-state index in [4.69, 9.17) is 0 Å². The lowest BCUT2D eigenvalue weighted by atomic mass is 10.1. The van der Waals surface area contributed by atoms with Crippen molar-refractivity contribution in [3.05, 3.63) is 40.4 Å². The summed E-state index contributed by atoms with van der Waals surface area (Å²) in [6.45, 7) is 6.61. The normalized spacial score (nSPS) is 11.1. The number of hydrogen-bond acceptors (Lipinski definition) is 2. The lowest BCUT2D eigenvalue weighted by Gasteiger charge is -2.04.